The molecular weight excluding hydrogens is 254 g/mol. The smallest absolute Gasteiger partial charge is 0.134 e. The summed E-state index contributed by atoms with van der Waals surface area (Å²) in [6, 6.07) is 5.38. The summed E-state index contributed by atoms with van der Waals surface area (Å²) in [5.41, 5.74) is 1.12. The Bertz CT molecular complexity index is 366. The summed E-state index contributed by atoms with van der Waals surface area (Å²) in [5.74, 6) is 3.58. The van der Waals surface area contributed by atoms with Gasteiger partial charge >= 0.3 is 0 Å². The average Bonchev–Trinajstić information content (AvgIpc) is 2.35. The van der Waals surface area contributed by atoms with Crippen molar-refractivity contribution in [3.8, 4) is 5.75 Å². The summed E-state index contributed by atoms with van der Waals surface area (Å²) < 4.78 is 0. The van der Waals surface area contributed by atoms with Gasteiger partial charge in [0, 0.05) is 6.54 Å². The first kappa shape index (κ1) is 13.1. The van der Waals surface area contributed by atoms with Crippen LogP contribution in [0.4, 0.5) is 0 Å². The average molecular weight is 272 g/mol. The molecule has 0 aliphatic carbocycles. The molecule has 0 unspecified atom stereocenters. The van der Waals surface area contributed by atoms with Gasteiger partial charge in [0.15, 0.2) is 0 Å². The summed E-state index contributed by atoms with van der Waals surface area (Å²) in [7, 11) is 0. The first-order chi connectivity index (χ1) is 8.25. The quantitative estimate of drug-likeness (QED) is 0.882. The zero-order valence-electron chi connectivity index (χ0n) is 9.79. The van der Waals surface area contributed by atoms with Crippen LogP contribution in [0.15, 0.2) is 18.2 Å². The van der Waals surface area contributed by atoms with Gasteiger partial charge in [-0.25, -0.2) is 0 Å². The SMILES string of the molecule is Oc1ccc(CNCC2CCSCC2)cc1Cl. The van der Waals surface area contributed by atoms with Crippen LogP contribution >= 0.6 is 23.4 Å². The second kappa shape index (κ2) is 6.53. The minimum absolute atomic E-state index is 0.153. The summed E-state index contributed by atoms with van der Waals surface area (Å²) >= 11 is 7.92. The molecule has 0 saturated carbocycles. The Kier molecular flexibility index (Phi) is 5.01. The molecule has 0 spiro atoms. The molecule has 2 nitrogen and oxygen atoms in total. The first-order valence-electron chi connectivity index (χ1n) is 6.01. The van der Waals surface area contributed by atoms with Gasteiger partial charge in [-0.1, -0.05) is 17.7 Å². The summed E-state index contributed by atoms with van der Waals surface area (Å²) in [6.07, 6.45) is 2.65. The maximum absolute atomic E-state index is 9.32. The lowest BCUT2D eigenvalue weighted by atomic mass is 10.0. The molecule has 1 fully saturated rings. The molecule has 0 amide bonds. The number of phenolic OH excluding ortho intramolecular Hbond substituents is 1. The van der Waals surface area contributed by atoms with E-state index in [2.05, 4.69) is 17.1 Å². The lowest BCUT2D eigenvalue weighted by Crippen LogP contribution is -2.25. The number of hydrogen-bond acceptors (Lipinski definition) is 3. The van der Waals surface area contributed by atoms with E-state index in [4.69, 9.17) is 11.6 Å². The molecule has 2 N–H and O–H groups in total. The van der Waals surface area contributed by atoms with Crippen molar-refractivity contribution in [2.45, 2.75) is 19.4 Å². The van der Waals surface area contributed by atoms with E-state index in [9.17, 15) is 5.11 Å². The predicted octanol–water partition coefficient (Wildman–Crippen LogP) is 3.28. The highest BCUT2D eigenvalue weighted by Gasteiger charge is 2.12. The van der Waals surface area contributed by atoms with Gasteiger partial charge in [0.05, 0.1) is 5.02 Å². The standard InChI is InChI=1S/C13H18ClNOS/c14-12-7-11(1-2-13(12)16)9-15-8-10-3-5-17-6-4-10/h1-2,7,10,15-16H,3-6,8-9H2. The van der Waals surface area contributed by atoms with Crippen LogP contribution in [0, 0.1) is 5.92 Å². The van der Waals surface area contributed by atoms with Crippen molar-refractivity contribution < 1.29 is 5.11 Å². The van der Waals surface area contributed by atoms with Crippen molar-refractivity contribution in [1.82, 2.24) is 5.32 Å². The molecule has 4 heteroatoms. The largest absolute Gasteiger partial charge is 0.506 e. The molecule has 1 aromatic rings. The predicted molar refractivity (Wildman–Crippen MR) is 74.9 cm³/mol. The fraction of sp³-hybridized carbons (Fsp3) is 0.538. The third-order valence-corrected chi connectivity index (χ3v) is 4.47. The third-order valence-electron chi connectivity index (χ3n) is 3.12. The van der Waals surface area contributed by atoms with E-state index in [0.717, 1.165) is 24.6 Å². The highest BCUT2D eigenvalue weighted by atomic mass is 35.5. The molecule has 1 aliphatic heterocycles. The van der Waals surface area contributed by atoms with Gasteiger partial charge in [-0.05, 0) is 54.5 Å². The summed E-state index contributed by atoms with van der Waals surface area (Å²) in [6.45, 7) is 1.91. The first-order valence-corrected chi connectivity index (χ1v) is 7.55. The molecule has 0 aromatic heterocycles. The van der Waals surface area contributed by atoms with E-state index in [1.807, 2.05) is 12.1 Å². The van der Waals surface area contributed by atoms with Crippen LogP contribution in [0.5, 0.6) is 5.75 Å². The Morgan fingerprint density at radius 1 is 1.35 bits per heavy atom. The van der Waals surface area contributed by atoms with E-state index in [0.29, 0.717) is 5.02 Å². The summed E-state index contributed by atoms with van der Waals surface area (Å²) in [4.78, 5) is 0. The number of thioether (sulfide) groups is 1. The lowest BCUT2D eigenvalue weighted by Gasteiger charge is -2.21. The van der Waals surface area contributed by atoms with Crippen LogP contribution in [-0.4, -0.2) is 23.2 Å². The zero-order valence-corrected chi connectivity index (χ0v) is 11.4. The fourth-order valence-corrected chi connectivity index (χ4v) is 3.44. The van der Waals surface area contributed by atoms with Gasteiger partial charge < -0.3 is 10.4 Å². The Labute approximate surface area is 112 Å². The number of benzene rings is 1. The third kappa shape index (κ3) is 4.09. The molecule has 0 radical (unpaired) electrons. The van der Waals surface area contributed by atoms with E-state index in [-0.39, 0.29) is 5.75 Å². The Morgan fingerprint density at radius 2 is 2.12 bits per heavy atom. The lowest BCUT2D eigenvalue weighted by molar-refractivity contribution is 0.447. The minimum atomic E-state index is 0.153. The molecular formula is C13H18ClNOS. The molecule has 17 heavy (non-hydrogen) atoms. The van der Waals surface area contributed by atoms with Crippen LogP contribution < -0.4 is 5.32 Å². The Hall–Kier alpha value is -0.380. The van der Waals surface area contributed by atoms with E-state index < -0.39 is 0 Å². The van der Waals surface area contributed by atoms with Crippen LogP contribution in [0.1, 0.15) is 18.4 Å². The van der Waals surface area contributed by atoms with Crippen molar-refractivity contribution in [1.29, 1.82) is 0 Å². The molecule has 0 atom stereocenters. The molecule has 0 bridgehead atoms. The zero-order chi connectivity index (χ0) is 12.1. The van der Waals surface area contributed by atoms with E-state index >= 15 is 0 Å². The van der Waals surface area contributed by atoms with Crippen molar-refractivity contribution in [2.75, 3.05) is 18.1 Å². The van der Waals surface area contributed by atoms with Crippen molar-refractivity contribution in [3.05, 3.63) is 28.8 Å². The number of hydrogen-bond donors (Lipinski definition) is 2. The molecule has 1 aliphatic rings. The van der Waals surface area contributed by atoms with Gasteiger partial charge in [-0.15, -0.1) is 0 Å². The molecule has 1 aromatic carbocycles. The molecule has 2 rings (SSSR count). The second-order valence-corrected chi connectivity index (χ2v) is 6.10. The Morgan fingerprint density at radius 3 is 2.82 bits per heavy atom. The van der Waals surface area contributed by atoms with E-state index in [1.165, 1.54) is 24.3 Å². The van der Waals surface area contributed by atoms with Gasteiger partial charge in [0.25, 0.3) is 0 Å². The van der Waals surface area contributed by atoms with Gasteiger partial charge in [-0.3, -0.25) is 0 Å². The van der Waals surface area contributed by atoms with Gasteiger partial charge in [0.2, 0.25) is 0 Å². The maximum Gasteiger partial charge on any atom is 0.134 e. The van der Waals surface area contributed by atoms with Crippen LogP contribution in [0.25, 0.3) is 0 Å². The summed E-state index contributed by atoms with van der Waals surface area (Å²) in [5, 5.41) is 13.2. The number of phenols is 1. The second-order valence-electron chi connectivity index (χ2n) is 4.47. The monoisotopic (exact) mass is 271 g/mol. The fourth-order valence-electron chi connectivity index (χ4n) is 2.03. The number of aromatic hydroxyl groups is 1. The number of rotatable bonds is 4. The van der Waals surface area contributed by atoms with Gasteiger partial charge in [-0.2, -0.15) is 11.8 Å². The normalized spacial score (nSPS) is 17.2. The van der Waals surface area contributed by atoms with Crippen molar-refractivity contribution >= 4 is 23.4 Å². The van der Waals surface area contributed by atoms with Crippen LogP contribution in [0.2, 0.25) is 5.02 Å². The highest BCUT2D eigenvalue weighted by molar-refractivity contribution is 7.99. The minimum Gasteiger partial charge on any atom is -0.506 e. The van der Waals surface area contributed by atoms with E-state index in [1.54, 1.807) is 6.07 Å². The van der Waals surface area contributed by atoms with Crippen molar-refractivity contribution in [2.24, 2.45) is 5.92 Å². The van der Waals surface area contributed by atoms with Gasteiger partial charge in [0.1, 0.15) is 5.75 Å². The van der Waals surface area contributed by atoms with Crippen molar-refractivity contribution in [3.63, 3.8) is 0 Å². The molecule has 94 valence electrons. The number of nitrogens with one attached hydrogen (secondary N) is 1. The van der Waals surface area contributed by atoms with Crippen LogP contribution in [0.3, 0.4) is 0 Å². The highest BCUT2D eigenvalue weighted by Crippen LogP contribution is 2.24. The maximum atomic E-state index is 9.32. The topological polar surface area (TPSA) is 32.3 Å². The van der Waals surface area contributed by atoms with Crippen LogP contribution in [-0.2, 0) is 6.54 Å². The number of halogens is 1. The molecule has 1 heterocycles. The Balaban J connectivity index is 1.75. The molecule has 1 saturated heterocycles.